The minimum Gasteiger partial charge on any atom is -0.508 e. The van der Waals surface area contributed by atoms with Crippen molar-refractivity contribution >= 4 is 11.5 Å². The van der Waals surface area contributed by atoms with Gasteiger partial charge in [0.05, 0.1) is 11.3 Å². The van der Waals surface area contributed by atoms with Crippen molar-refractivity contribution in [2.24, 2.45) is 0 Å². The molecule has 4 heteroatoms. The van der Waals surface area contributed by atoms with Crippen LogP contribution in [0.25, 0.3) is 0 Å². The van der Waals surface area contributed by atoms with Crippen molar-refractivity contribution in [1.82, 2.24) is 0 Å². The minimum atomic E-state index is -0.257. The van der Waals surface area contributed by atoms with E-state index in [1.165, 1.54) is 13.0 Å². The topological polar surface area (TPSA) is 87.1 Å². The van der Waals surface area contributed by atoms with Gasteiger partial charge < -0.3 is 10.8 Å². The molecule has 0 saturated carbocycles. The fourth-order valence-corrected chi connectivity index (χ4v) is 1.33. The number of ketones is 1. The molecule has 3 N–H and O–H groups in total. The third-order valence-electron chi connectivity index (χ3n) is 2.07. The minimum absolute atomic E-state index is 0.0825. The lowest BCUT2D eigenvalue weighted by atomic mass is 9.98. The number of benzene rings is 1. The Morgan fingerprint density at radius 2 is 2.21 bits per heavy atom. The lowest BCUT2D eigenvalue weighted by Gasteiger charge is -2.09. The molecule has 72 valence electrons. The summed E-state index contributed by atoms with van der Waals surface area (Å²) >= 11 is 0. The maximum absolute atomic E-state index is 11.2. The van der Waals surface area contributed by atoms with E-state index in [1.54, 1.807) is 6.92 Å². The predicted molar refractivity (Wildman–Crippen MR) is 52.0 cm³/mol. The molecule has 0 aliphatic rings. The Hall–Kier alpha value is -2.02. The van der Waals surface area contributed by atoms with Gasteiger partial charge in [0.25, 0.3) is 0 Å². The predicted octanol–water partition coefficient (Wildman–Crippen LogP) is 1.36. The highest BCUT2D eigenvalue weighted by molar-refractivity contribution is 6.02. The number of nitrogen functional groups attached to an aromatic ring is 1. The van der Waals surface area contributed by atoms with Crippen LogP contribution >= 0.6 is 0 Å². The number of phenolic OH excluding ortho intramolecular Hbond substituents is 1. The summed E-state index contributed by atoms with van der Waals surface area (Å²) in [6.07, 6.45) is 0. The van der Waals surface area contributed by atoms with Gasteiger partial charge in [-0.1, -0.05) is 0 Å². The standard InChI is InChI=1S/C10H10N2O2/c1-5-8(14)3-7(4-11)10(12)9(5)6(2)13/h3,14H,12H2,1-2H3. The van der Waals surface area contributed by atoms with E-state index in [1.807, 2.05) is 6.07 Å². The van der Waals surface area contributed by atoms with Crippen molar-refractivity contribution in [2.75, 3.05) is 5.73 Å². The van der Waals surface area contributed by atoms with Gasteiger partial charge in [0.15, 0.2) is 5.78 Å². The van der Waals surface area contributed by atoms with Crippen molar-refractivity contribution in [2.45, 2.75) is 13.8 Å². The summed E-state index contributed by atoms with van der Waals surface area (Å²) in [5.41, 5.74) is 6.50. The third-order valence-corrected chi connectivity index (χ3v) is 2.07. The normalized spacial score (nSPS) is 9.50. The van der Waals surface area contributed by atoms with E-state index in [0.717, 1.165) is 0 Å². The summed E-state index contributed by atoms with van der Waals surface area (Å²) in [5.74, 6) is -0.339. The van der Waals surface area contributed by atoms with E-state index < -0.39 is 0 Å². The number of anilines is 1. The van der Waals surface area contributed by atoms with Crippen LogP contribution in [0.3, 0.4) is 0 Å². The second-order valence-electron chi connectivity index (χ2n) is 3.02. The molecule has 1 aromatic carbocycles. The van der Waals surface area contributed by atoms with E-state index in [-0.39, 0.29) is 28.3 Å². The van der Waals surface area contributed by atoms with Crippen molar-refractivity contribution in [3.63, 3.8) is 0 Å². The molecular formula is C10H10N2O2. The molecule has 0 saturated heterocycles. The van der Waals surface area contributed by atoms with Gasteiger partial charge in [-0.3, -0.25) is 4.79 Å². The van der Waals surface area contributed by atoms with Crippen LogP contribution in [-0.2, 0) is 0 Å². The number of Topliss-reactive ketones (excluding diaryl/α,β-unsaturated/α-hetero) is 1. The maximum Gasteiger partial charge on any atom is 0.162 e. The number of nitriles is 1. The molecule has 0 fully saturated rings. The van der Waals surface area contributed by atoms with Crippen molar-refractivity contribution in [3.8, 4) is 11.8 Å². The van der Waals surface area contributed by atoms with E-state index in [2.05, 4.69) is 0 Å². The van der Waals surface area contributed by atoms with Crippen molar-refractivity contribution in [3.05, 3.63) is 22.8 Å². The summed E-state index contributed by atoms with van der Waals surface area (Å²) in [6, 6.07) is 3.08. The molecule has 1 rings (SSSR count). The van der Waals surface area contributed by atoms with Crippen LogP contribution in [0.4, 0.5) is 5.69 Å². The molecule has 0 aliphatic carbocycles. The fraction of sp³-hybridized carbons (Fsp3) is 0.200. The summed E-state index contributed by atoms with van der Waals surface area (Å²) in [4.78, 5) is 11.2. The molecule has 0 radical (unpaired) electrons. The van der Waals surface area contributed by atoms with Gasteiger partial charge in [0.2, 0.25) is 0 Å². The summed E-state index contributed by atoms with van der Waals surface area (Å²) < 4.78 is 0. The van der Waals surface area contributed by atoms with E-state index >= 15 is 0 Å². The zero-order valence-electron chi connectivity index (χ0n) is 7.96. The summed E-state index contributed by atoms with van der Waals surface area (Å²) in [5, 5.41) is 18.1. The van der Waals surface area contributed by atoms with Crippen LogP contribution in [-0.4, -0.2) is 10.9 Å². The van der Waals surface area contributed by atoms with Gasteiger partial charge in [-0.05, 0) is 13.8 Å². The first-order valence-electron chi connectivity index (χ1n) is 4.02. The number of carbonyl (C=O) groups is 1. The molecule has 0 spiro atoms. The number of aromatic hydroxyl groups is 1. The van der Waals surface area contributed by atoms with Gasteiger partial charge in [-0.2, -0.15) is 5.26 Å². The highest BCUT2D eigenvalue weighted by Crippen LogP contribution is 2.29. The Kier molecular flexibility index (Phi) is 2.43. The van der Waals surface area contributed by atoms with Crippen molar-refractivity contribution in [1.29, 1.82) is 5.26 Å². The monoisotopic (exact) mass is 190 g/mol. The van der Waals surface area contributed by atoms with Crippen LogP contribution in [0.15, 0.2) is 6.07 Å². The maximum atomic E-state index is 11.2. The Bertz CT molecular complexity index is 444. The molecule has 1 aromatic rings. The molecule has 0 atom stereocenters. The van der Waals surface area contributed by atoms with Crippen LogP contribution in [0, 0.1) is 18.3 Å². The molecule has 4 nitrogen and oxygen atoms in total. The fourth-order valence-electron chi connectivity index (χ4n) is 1.33. The first kappa shape index (κ1) is 10.1. The lowest BCUT2D eigenvalue weighted by Crippen LogP contribution is -2.05. The largest absolute Gasteiger partial charge is 0.508 e. The quantitative estimate of drug-likeness (QED) is 0.397. The van der Waals surface area contributed by atoms with E-state index in [4.69, 9.17) is 11.0 Å². The molecule has 0 aromatic heterocycles. The first-order valence-corrected chi connectivity index (χ1v) is 4.02. The van der Waals surface area contributed by atoms with Gasteiger partial charge in [-0.25, -0.2) is 0 Å². The number of hydrogen-bond acceptors (Lipinski definition) is 4. The van der Waals surface area contributed by atoms with Crippen LogP contribution in [0.1, 0.15) is 28.4 Å². The first-order chi connectivity index (χ1) is 6.49. The smallest absolute Gasteiger partial charge is 0.162 e. The SMILES string of the molecule is CC(=O)c1c(C)c(O)cc(C#N)c1N. The lowest BCUT2D eigenvalue weighted by molar-refractivity contribution is 0.101. The molecule has 0 amide bonds. The molecule has 0 unspecified atom stereocenters. The van der Waals surface area contributed by atoms with Gasteiger partial charge in [0, 0.05) is 17.2 Å². The second kappa shape index (κ2) is 3.38. The van der Waals surface area contributed by atoms with Crippen LogP contribution in [0.5, 0.6) is 5.75 Å². The molecule has 0 aliphatic heterocycles. The average molecular weight is 190 g/mol. The summed E-state index contributed by atoms with van der Waals surface area (Å²) in [6.45, 7) is 2.93. The highest BCUT2D eigenvalue weighted by Gasteiger charge is 2.15. The van der Waals surface area contributed by atoms with Crippen LogP contribution in [0.2, 0.25) is 0 Å². The third kappa shape index (κ3) is 1.40. The van der Waals surface area contributed by atoms with Crippen molar-refractivity contribution < 1.29 is 9.90 Å². The molecule has 0 bridgehead atoms. The number of nitrogens with two attached hydrogens (primary N) is 1. The Morgan fingerprint density at radius 1 is 1.64 bits per heavy atom. The van der Waals surface area contributed by atoms with E-state index in [0.29, 0.717) is 5.56 Å². The second-order valence-corrected chi connectivity index (χ2v) is 3.02. The number of rotatable bonds is 1. The van der Waals surface area contributed by atoms with Gasteiger partial charge >= 0.3 is 0 Å². The molecular weight excluding hydrogens is 180 g/mol. The summed E-state index contributed by atoms with van der Waals surface area (Å²) in [7, 11) is 0. The molecule has 0 heterocycles. The zero-order valence-corrected chi connectivity index (χ0v) is 7.96. The highest BCUT2D eigenvalue weighted by atomic mass is 16.3. The van der Waals surface area contributed by atoms with Gasteiger partial charge in [0.1, 0.15) is 11.8 Å². The van der Waals surface area contributed by atoms with Crippen LogP contribution < -0.4 is 5.73 Å². The number of nitrogens with zero attached hydrogens (tertiary/aromatic N) is 1. The zero-order chi connectivity index (χ0) is 10.9. The number of carbonyl (C=O) groups excluding carboxylic acids is 1. The Morgan fingerprint density at radius 3 is 2.64 bits per heavy atom. The Balaban J connectivity index is 3.63. The van der Waals surface area contributed by atoms with E-state index in [9.17, 15) is 9.90 Å². The number of hydrogen-bond donors (Lipinski definition) is 2. The number of phenols is 1. The van der Waals surface area contributed by atoms with Gasteiger partial charge in [-0.15, -0.1) is 0 Å². The average Bonchev–Trinajstić information content (AvgIpc) is 2.11. The molecule has 14 heavy (non-hydrogen) atoms. The Labute approximate surface area is 81.6 Å².